The minimum absolute atomic E-state index is 0.218. The third kappa shape index (κ3) is 6.32. The van der Waals surface area contributed by atoms with Gasteiger partial charge in [-0.15, -0.1) is 11.3 Å². The zero-order chi connectivity index (χ0) is 20.6. The zero-order valence-electron chi connectivity index (χ0n) is 15.8. The molecule has 4 nitrogen and oxygen atoms in total. The second-order valence-electron chi connectivity index (χ2n) is 6.35. The summed E-state index contributed by atoms with van der Waals surface area (Å²) in [5.41, 5.74) is 4.85. The molecule has 0 bridgehead atoms. The summed E-state index contributed by atoms with van der Waals surface area (Å²) in [6, 6.07) is 14.6. The first-order valence-corrected chi connectivity index (χ1v) is 10.8. The number of benzene rings is 2. The molecular weight excluding hydrogens is 427 g/mol. The molecule has 29 heavy (non-hydrogen) atoms. The van der Waals surface area contributed by atoms with Crippen LogP contribution in [0.15, 0.2) is 59.0 Å². The first-order valence-electron chi connectivity index (χ1n) is 9.12. The quantitative estimate of drug-likeness (QED) is 0.323. The molecule has 7 heteroatoms. The summed E-state index contributed by atoms with van der Waals surface area (Å²) in [4.78, 5) is 13.4. The number of aryl methyl sites for hydroxylation is 1. The van der Waals surface area contributed by atoms with Gasteiger partial charge in [0.1, 0.15) is 12.4 Å². The maximum Gasteiger partial charge on any atom is 0.272 e. The van der Waals surface area contributed by atoms with Crippen LogP contribution in [0.1, 0.15) is 39.7 Å². The minimum Gasteiger partial charge on any atom is -0.489 e. The van der Waals surface area contributed by atoms with E-state index in [9.17, 15) is 4.79 Å². The Kier molecular flexibility index (Phi) is 7.69. The van der Waals surface area contributed by atoms with Crippen molar-refractivity contribution >= 4 is 46.7 Å². The van der Waals surface area contributed by atoms with E-state index in [4.69, 9.17) is 27.9 Å². The van der Waals surface area contributed by atoms with Gasteiger partial charge in [-0.3, -0.25) is 4.79 Å². The molecule has 0 radical (unpaired) electrons. The highest BCUT2D eigenvalue weighted by Crippen LogP contribution is 2.23. The van der Waals surface area contributed by atoms with Crippen molar-refractivity contribution in [2.24, 2.45) is 5.10 Å². The Hall–Kier alpha value is -2.34. The molecule has 0 saturated carbocycles. The van der Waals surface area contributed by atoms with Crippen LogP contribution in [0.25, 0.3) is 0 Å². The number of nitrogens with one attached hydrogen (secondary N) is 1. The standard InChI is InChI=1S/C22H20Cl2N2O2S/c1-2-4-20-10-17(14-29-20)22(27)26-25-12-15-5-3-6-19(9-15)28-13-16-7-8-18(23)11-21(16)24/h3,5-12,14H,2,4,13H2,1H3,(H,26,27)/b25-12+. The van der Waals surface area contributed by atoms with Gasteiger partial charge in [-0.05, 0) is 42.3 Å². The number of ether oxygens (including phenoxy) is 1. The van der Waals surface area contributed by atoms with Gasteiger partial charge in [0.15, 0.2) is 0 Å². The Morgan fingerprint density at radius 2 is 2.07 bits per heavy atom. The number of amides is 1. The fraction of sp³-hybridized carbons (Fsp3) is 0.182. The fourth-order valence-electron chi connectivity index (χ4n) is 2.59. The Morgan fingerprint density at radius 3 is 2.86 bits per heavy atom. The topological polar surface area (TPSA) is 50.7 Å². The Morgan fingerprint density at radius 1 is 1.21 bits per heavy atom. The monoisotopic (exact) mass is 446 g/mol. The lowest BCUT2D eigenvalue weighted by molar-refractivity contribution is 0.0955. The first kappa shape index (κ1) is 21.4. The Bertz CT molecular complexity index is 1020. The molecule has 0 aliphatic rings. The van der Waals surface area contributed by atoms with Gasteiger partial charge in [-0.1, -0.05) is 54.7 Å². The molecule has 1 N–H and O–H groups in total. The van der Waals surface area contributed by atoms with Gasteiger partial charge in [0, 0.05) is 25.9 Å². The molecule has 1 aromatic heterocycles. The van der Waals surface area contributed by atoms with E-state index in [-0.39, 0.29) is 5.91 Å². The van der Waals surface area contributed by atoms with Crippen molar-refractivity contribution in [1.82, 2.24) is 5.43 Å². The number of hydrogen-bond acceptors (Lipinski definition) is 4. The van der Waals surface area contributed by atoms with Crippen LogP contribution in [0.2, 0.25) is 10.0 Å². The fourth-order valence-corrected chi connectivity index (χ4v) is 4.03. The SMILES string of the molecule is CCCc1cc(C(=O)N/N=C/c2cccc(OCc3ccc(Cl)cc3Cl)c2)cs1. The van der Waals surface area contributed by atoms with Gasteiger partial charge in [0.05, 0.1) is 11.8 Å². The first-order chi connectivity index (χ1) is 14.0. The van der Waals surface area contributed by atoms with Crippen molar-refractivity contribution in [1.29, 1.82) is 0 Å². The third-order valence-corrected chi connectivity index (χ3v) is 5.64. The predicted molar refractivity (Wildman–Crippen MR) is 121 cm³/mol. The molecule has 0 aliphatic carbocycles. The molecule has 0 fully saturated rings. The highest BCUT2D eigenvalue weighted by Gasteiger charge is 2.07. The van der Waals surface area contributed by atoms with Crippen molar-refractivity contribution in [3.8, 4) is 5.75 Å². The molecule has 0 atom stereocenters. The van der Waals surface area contributed by atoms with E-state index in [0.29, 0.717) is 28.0 Å². The largest absolute Gasteiger partial charge is 0.489 e. The number of hydrogen-bond donors (Lipinski definition) is 1. The summed E-state index contributed by atoms with van der Waals surface area (Å²) in [5.74, 6) is 0.456. The summed E-state index contributed by atoms with van der Waals surface area (Å²) < 4.78 is 5.80. The van der Waals surface area contributed by atoms with Crippen LogP contribution in [0.5, 0.6) is 5.75 Å². The number of carbonyl (C=O) groups is 1. The van der Waals surface area contributed by atoms with Gasteiger partial charge in [0.2, 0.25) is 0 Å². The molecule has 0 saturated heterocycles. The van der Waals surface area contributed by atoms with Crippen LogP contribution in [0.4, 0.5) is 0 Å². The number of nitrogens with zero attached hydrogens (tertiary/aromatic N) is 1. The van der Waals surface area contributed by atoms with Crippen molar-refractivity contribution in [3.05, 3.63) is 85.5 Å². The lowest BCUT2D eigenvalue weighted by atomic mass is 10.2. The lowest BCUT2D eigenvalue weighted by Crippen LogP contribution is -2.16. The molecule has 0 aliphatic heterocycles. The molecule has 150 valence electrons. The normalized spacial score (nSPS) is 11.0. The minimum atomic E-state index is -0.218. The molecule has 2 aromatic carbocycles. The average Bonchev–Trinajstić information content (AvgIpc) is 3.17. The second kappa shape index (κ2) is 10.4. The van der Waals surface area contributed by atoms with Gasteiger partial charge in [-0.2, -0.15) is 5.10 Å². The van der Waals surface area contributed by atoms with Gasteiger partial charge in [0.25, 0.3) is 5.91 Å². The van der Waals surface area contributed by atoms with Crippen molar-refractivity contribution < 1.29 is 9.53 Å². The lowest BCUT2D eigenvalue weighted by Gasteiger charge is -2.08. The highest BCUT2D eigenvalue weighted by atomic mass is 35.5. The number of thiophene rings is 1. The summed E-state index contributed by atoms with van der Waals surface area (Å²) in [6.45, 7) is 2.44. The summed E-state index contributed by atoms with van der Waals surface area (Å²) in [7, 11) is 0. The van der Waals surface area contributed by atoms with Gasteiger partial charge in [-0.25, -0.2) is 5.43 Å². The van der Waals surface area contributed by atoms with E-state index in [1.54, 1.807) is 29.7 Å². The Balaban J connectivity index is 1.56. The van der Waals surface area contributed by atoms with E-state index in [1.165, 1.54) is 4.88 Å². The second-order valence-corrected chi connectivity index (χ2v) is 8.19. The van der Waals surface area contributed by atoms with E-state index < -0.39 is 0 Å². The van der Waals surface area contributed by atoms with E-state index in [0.717, 1.165) is 24.0 Å². The average molecular weight is 447 g/mol. The maximum atomic E-state index is 12.2. The Labute approximate surface area is 184 Å². The van der Waals surface area contributed by atoms with Crippen LogP contribution in [0, 0.1) is 0 Å². The van der Waals surface area contributed by atoms with Gasteiger partial charge >= 0.3 is 0 Å². The molecule has 1 heterocycles. The highest BCUT2D eigenvalue weighted by molar-refractivity contribution is 7.10. The summed E-state index contributed by atoms with van der Waals surface area (Å²) >= 11 is 13.7. The maximum absolute atomic E-state index is 12.2. The van der Waals surface area contributed by atoms with Crippen molar-refractivity contribution in [3.63, 3.8) is 0 Å². The van der Waals surface area contributed by atoms with Gasteiger partial charge < -0.3 is 4.74 Å². The predicted octanol–water partition coefficient (Wildman–Crippen LogP) is 6.35. The van der Waals surface area contributed by atoms with Crippen LogP contribution in [-0.2, 0) is 13.0 Å². The number of rotatable bonds is 8. The van der Waals surface area contributed by atoms with Crippen LogP contribution in [-0.4, -0.2) is 12.1 Å². The van der Waals surface area contributed by atoms with E-state index in [2.05, 4.69) is 17.5 Å². The molecule has 3 aromatic rings. The molecule has 0 unspecified atom stereocenters. The van der Waals surface area contributed by atoms with Crippen molar-refractivity contribution in [2.75, 3.05) is 0 Å². The van der Waals surface area contributed by atoms with Crippen LogP contribution >= 0.6 is 34.5 Å². The molecular formula is C22H20Cl2N2O2S. The van der Waals surface area contributed by atoms with Crippen LogP contribution in [0.3, 0.4) is 0 Å². The summed E-state index contributed by atoms with van der Waals surface area (Å²) in [5, 5.41) is 7.05. The smallest absolute Gasteiger partial charge is 0.272 e. The zero-order valence-corrected chi connectivity index (χ0v) is 18.2. The van der Waals surface area contributed by atoms with Crippen molar-refractivity contribution in [2.45, 2.75) is 26.4 Å². The van der Waals surface area contributed by atoms with Crippen LogP contribution < -0.4 is 10.2 Å². The molecule has 3 rings (SSSR count). The molecule has 0 spiro atoms. The third-order valence-electron chi connectivity index (χ3n) is 4.06. The van der Waals surface area contributed by atoms with E-state index >= 15 is 0 Å². The summed E-state index contributed by atoms with van der Waals surface area (Å²) in [6.07, 6.45) is 3.62. The number of hydrazone groups is 1. The molecule has 1 amide bonds. The number of carbonyl (C=O) groups excluding carboxylic acids is 1. The van der Waals surface area contributed by atoms with E-state index in [1.807, 2.05) is 41.8 Å². The number of halogens is 2.